The summed E-state index contributed by atoms with van der Waals surface area (Å²) >= 11 is 0. The van der Waals surface area contributed by atoms with E-state index in [-0.39, 0.29) is 23.0 Å². The van der Waals surface area contributed by atoms with Gasteiger partial charge in [-0.25, -0.2) is 0 Å². The van der Waals surface area contributed by atoms with E-state index < -0.39 is 0 Å². The fraction of sp³-hybridized carbons (Fsp3) is 0.500. The summed E-state index contributed by atoms with van der Waals surface area (Å²) < 4.78 is 0. The van der Waals surface area contributed by atoms with Crippen LogP contribution in [0.25, 0.3) is 0 Å². The van der Waals surface area contributed by atoms with Crippen LogP contribution in [0.5, 0.6) is 0 Å². The van der Waals surface area contributed by atoms with Gasteiger partial charge in [-0.1, -0.05) is 44.2 Å². The zero-order valence-corrected chi connectivity index (χ0v) is 13.9. The summed E-state index contributed by atoms with van der Waals surface area (Å²) in [7, 11) is 0. The van der Waals surface area contributed by atoms with Gasteiger partial charge in [0.2, 0.25) is 5.91 Å². The van der Waals surface area contributed by atoms with Crippen molar-refractivity contribution in [3.05, 3.63) is 47.2 Å². The summed E-state index contributed by atoms with van der Waals surface area (Å²) in [5, 5.41) is 3.03. The molecule has 0 heterocycles. The molecule has 3 saturated carbocycles. The van der Waals surface area contributed by atoms with Gasteiger partial charge in [0, 0.05) is 23.6 Å². The predicted molar refractivity (Wildman–Crippen MR) is 88.5 cm³/mol. The second kappa shape index (κ2) is 4.80. The SMILES string of the molecule is CC(NC(=O)C1CC1c1ccccc1)=C1C(=O)CC2C1C2(C)C. The average molecular weight is 309 g/mol. The molecule has 4 unspecified atom stereocenters. The molecule has 3 nitrogen and oxygen atoms in total. The Bertz CT molecular complexity index is 716. The van der Waals surface area contributed by atoms with Crippen LogP contribution >= 0.6 is 0 Å². The van der Waals surface area contributed by atoms with Crippen molar-refractivity contribution in [1.82, 2.24) is 5.32 Å². The Balaban J connectivity index is 1.46. The van der Waals surface area contributed by atoms with E-state index in [1.165, 1.54) is 5.56 Å². The lowest BCUT2D eigenvalue weighted by atomic mass is 9.95. The first kappa shape index (κ1) is 14.7. The van der Waals surface area contributed by atoms with E-state index in [2.05, 4.69) is 31.3 Å². The summed E-state index contributed by atoms with van der Waals surface area (Å²) in [6, 6.07) is 10.2. The summed E-state index contributed by atoms with van der Waals surface area (Å²) in [6.07, 6.45) is 1.56. The van der Waals surface area contributed by atoms with Crippen molar-refractivity contribution in [1.29, 1.82) is 0 Å². The maximum atomic E-state index is 12.5. The van der Waals surface area contributed by atoms with Crippen LogP contribution in [-0.2, 0) is 9.59 Å². The highest BCUT2D eigenvalue weighted by Crippen LogP contribution is 2.68. The van der Waals surface area contributed by atoms with Crippen LogP contribution in [0.1, 0.15) is 45.1 Å². The van der Waals surface area contributed by atoms with E-state index >= 15 is 0 Å². The molecule has 1 N–H and O–H groups in total. The molecule has 3 fully saturated rings. The summed E-state index contributed by atoms with van der Waals surface area (Å²) in [4.78, 5) is 24.7. The number of amides is 1. The molecule has 0 bridgehead atoms. The Morgan fingerprint density at radius 3 is 2.57 bits per heavy atom. The molecule has 1 aromatic carbocycles. The lowest BCUT2D eigenvalue weighted by Crippen LogP contribution is -2.26. The highest BCUT2D eigenvalue weighted by molar-refractivity contribution is 6.02. The molecule has 0 saturated heterocycles. The maximum absolute atomic E-state index is 12.5. The number of carbonyl (C=O) groups excluding carboxylic acids is 2. The van der Waals surface area contributed by atoms with E-state index in [0.717, 1.165) is 17.7 Å². The predicted octanol–water partition coefficient (Wildman–Crippen LogP) is 3.43. The van der Waals surface area contributed by atoms with Gasteiger partial charge in [-0.3, -0.25) is 9.59 Å². The van der Waals surface area contributed by atoms with E-state index in [1.54, 1.807) is 0 Å². The van der Waals surface area contributed by atoms with E-state index in [9.17, 15) is 9.59 Å². The topological polar surface area (TPSA) is 46.2 Å². The van der Waals surface area contributed by atoms with Crippen LogP contribution in [0.4, 0.5) is 0 Å². The lowest BCUT2D eigenvalue weighted by Gasteiger charge is -2.13. The highest BCUT2D eigenvalue weighted by atomic mass is 16.2. The summed E-state index contributed by atoms with van der Waals surface area (Å²) in [5.41, 5.74) is 3.13. The first-order valence-electron chi connectivity index (χ1n) is 8.51. The Morgan fingerprint density at radius 2 is 1.91 bits per heavy atom. The standard InChI is InChI=1S/C20H23NO2/c1-11(17-16(22)10-15-18(17)20(15,2)3)21-19(23)14-9-13(14)12-7-5-4-6-8-12/h4-8,13-15,18H,9-10H2,1-3H3,(H,21,23). The minimum Gasteiger partial charge on any atom is -0.329 e. The monoisotopic (exact) mass is 309 g/mol. The minimum absolute atomic E-state index is 0.0486. The largest absolute Gasteiger partial charge is 0.329 e. The quantitative estimate of drug-likeness (QED) is 0.870. The zero-order chi connectivity index (χ0) is 16.4. The summed E-state index contributed by atoms with van der Waals surface area (Å²) in [5.74, 6) is 1.51. The van der Waals surface area contributed by atoms with Crippen molar-refractivity contribution in [3.63, 3.8) is 0 Å². The van der Waals surface area contributed by atoms with Gasteiger partial charge >= 0.3 is 0 Å². The van der Waals surface area contributed by atoms with Crippen molar-refractivity contribution < 1.29 is 9.59 Å². The number of Topliss-reactive ketones (excluding diaryl/α,β-unsaturated/α-hetero) is 1. The van der Waals surface area contributed by atoms with Gasteiger partial charge < -0.3 is 5.32 Å². The third-order valence-electron chi connectivity index (χ3n) is 6.14. The molecule has 4 atom stereocenters. The Morgan fingerprint density at radius 1 is 1.22 bits per heavy atom. The third-order valence-corrected chi connectivity index (χ3v) is 6.14. The number of ketones is 1. The fourth-order valence-corrected chi connectivity index (χ4v) is 4.52. The van der Waals surface area contributed by atoms with Crippen LogP contribution in [0.2, 0.25) is 0 Å². The number of rotatable bonds is 3. The first-order chi connectivity index (χ1) is 10.9. The van der Waals surface area contributed by atoms with Gasteiger partial charge in [-0.2, -0.15) is 0 Å². The van der Waals surface area contributed by atoms with Crippen molar-refractivity contribution in [2.45, 2.75) is 39.5 Å². The number of benzene rings is 1. The van der Waals surface area contributed by atoms with Gasteiger partial charge in [0.1, 0.15) is 0 Å². The molecule has 3 heteroatoms. The molecule has 0 aromatic heterocycles. The number of carbonyl (C=O) groups is 2. The van der Waals surface area contributed by atoms with Gasteiger partial charge in [-0.15, -0.1) is 0 Å². The van der Waals surface area contributed by atoms with Crippen LogP contribution in [0.3, 0.4) is 0 Å². The molecule has 4 rings (SSSR count). The Kier molecular flexibility index (Phi) is 3.06. The van der Waals surface area contributed by atoms with Gasteiger partial charge in [0.15, 0.2) is 5.78 Å². The maximum Gasteiger partial charge on any atom is 0.227 e. The molecule has 3 aliphatic carbocycles. The number of allylic oxidation sites excluding steroid dienone is 2. The Labute approximate surface area is 137 Å². The molecular formula is C20H23NO2. The second-order valence-corrected chi connectivity index (χ2v) is 7.92. The Hall–Kier alpha value is -1.90. The summed E-state index contributed by atoms with van der Waals surface area (Å²) in [6.45, 7) is 6.33. The molecule has 1 amide bonds. The lowest BCUT2D eigenvalue weighted by molar-refractivity contribution is -0.121. The molecule has 23 heavy (non-hydrogen) atoms. The van der Waals surface area contributed by atoms with Crippen LogP contribution in [-0.4, -0.2) is 11.7 Å². The zero-order valence-electron chi connectivity index (χ0n) is 13.9. The molecule has 0 spiro atoms. The molecule has 3 aliphatic rings. The van der Waals surface area contributed by atoms with Gasteiger partial charge in [-0.05, 0) is 42.1 Å². The highest BCUT2D eigenvalue weighted by Gasteiger charge is 2.65. The van der Waals surface area contributed by atoms with E-state index in [4.69, 9.17) is 0 Å². The molecule has 0 aliphatic heterocycles. The molecule has 120 valence electrons. The van der Waals surface area contributed by atoms with Gasteiger partial charge in [0.25, 0.3) is 0 Å². The van der Waals surface area contributed by atoms with Crippen molar-refractivity contribution in [2.75, 3.05) is 0 Å². The minimum atomic E-state index is 0.0486. The normalized spacial score (nSPS) is 35.5. The molecule has 1 aromatic rings. The average Bonchev–Trinajstić information content (AvgIpc) is 3.36. The third kappa shape index (κ3) is 2.25. The van der Waals surface area contributed by atoms with E-state index in [1.807, 2.05) is 25.1 Å². The molecular weight excluding hydrogens is 286 g/mol. The number of nitrogens with one attached hydrogen (secondary N) is 1. The van der Waals surface area contributed by atoms with Gasteiger partial charge in [0.05, 0.1) is 0 Å². The fourth-order valence-electron chi connectivity index (χ4n) is 4.52. The number of hydrogen-bond acceptors (Lipinski definition) is 2. The number of fused-ring (bicyclic) bond motifs is 1. The van der Waals surface area contributed by atoms with Crippen molar-refractivity contribution in [3.8, 4) is 0 Å². The second-order valence-electron chi connectivity index (χ2n) is 7.92. The van der Waals surface area contributed by atoms with Crippen molar-refractivity contribution >= 4 is 11.7 Å². The first-order valence-corrected chi connectivity index (χ1v) is 8.51. The smallest absolute Gasteiger partial charge is 0.227 e. The van der Waals surface area contributed by atoms with Crippen LogP contribution in [0, 0.1) is 23.2 Å². The van der Waals surface area contributed by atoms with E-state index in [0.29, 0.717) is 24.2 Å². The van der Waals surface area contributed by atoms with Crippen LogP contribution < -0.4 is 5.32 Å². The van der Waals surface area contributed by atoms with Crippen molar-refractivity contribution in [2.24, 2.45) is 23.2 Å². The van der Waals surface area contributed by atoms with Crippen LogP contribution in [0.15, 0.2) is 41.6 Å². The molecule has 0 radical (unpaired) electrons. The number of hydrogen-bond donors (Lipinski definition) is 1.